The van der Waals surface area contributed by atoms with Crippen molar-refractivity contribution in [1.82, 2.24) is 15.1 Å². The molecule has 1 atom stereocenters. The standard InChI is InChI=1S/C26H28N4O2S/c1-18-25-26(30(28-18)20-11-3-2-4-12-20)33-17-24(32)29(25)16-8-15-23(31)27-22-14-7-10-19-9-5-6-13-21(19)22/h2-6,9,11-13,22H,7-8,10,14-17H2,1H3,(H,27,31)/t22-/m1/s1. The number of rotatable bonds is 6. The van der Waals surface area contributed by atoms with Gasteiger partial charge in [0.05, 0.1) is 28.9 Å². The van der Waals surface area contributed by atoms with Crippen molar-refractivity contribution in [3.63, 3.8) is 0 Å². The van der Waals surface area contributed by atoms with Crippen LogP contribution in [-0.2, 0) is 16.0 Å². The lowest BCUT2D eigenvalue weighted by Crippen LogP contribution is -2.37. The molecule has 1 aromatic heterocycles. The second kappa shape index (κ2) is 9.43. The first-order valence-corrected chi connectivity index (χ1v) is 12.6. The maximum atomic E-state index is 12.8. The molecular weight excluding hydrogens is 432 g/mol. The fourth-order valence-corrected chi connectivity index (χ4v) is 5.90. The average molecular weight is 461 g/mol. The van der Waals surface area contributed by atoms with Gasteiger partial charge < -0.3 is 10.2 Å². The van der Waals surface area contributed by atoms with Gasteiger partial charge >= 0.3 is 0 Å². The van der Waals surface area contributed by atoms with Crippen LogP contribution >= 0.6 is 11.8 Å². The zero-order chi connectivity index (χ0) is 22.8. The fraction of sp³-hybridized carbons (Fsp3) is 0.346. The Morgan fingerprint density at radius 1 is 1.15 bits per heavy atom. The number of anilines is 1. The SMILES string of the molecule is Cc1nn(-c2ccccc2)c2c1N(CCCC(=O)N[C@@H]1CCCc3ccccc31)C(=O)CS2. The largest absolute Gasteiger partial charge is 0.349 e. The van der Waals surface area contributed by atoms with E-state index in [9.17, 15) is 9.59 Å². The number of hydrogen-bond acceptors (Lipinski definition) is 4. The van der Waals surface area contributed by atoms with E-state index in [1.807, 2.05) is 52.9 Å². The van der Waals surface area contributed by atoms with Crippen molar-refractivity contribution in [3.8, 4) is 5.69 Å². The Balaban J connectivity index is 1.24. The summed E-state index contributed by atoms with van der Waals surface area (Å²) in [5.74, 6) is 0.507. The van der Waals surface area contributed by atoms with Crippen LogP contribution < -0.4 is 10.2 Å². The number of thioether (sulfide) groups is 1. The van der Waals surface area contributed by atoms with Crippen LogP contribution in [0.3, 0.4) is 0 Å². The Morgan fingerprint density at radius 3 is 2.79 bits per heavy atom. The van der Waals surface area contributed by atoms with E-state index in [4.69, 9.17) is 5.10 Å². The number of aryl methyl sites for hydroxylation is 2. The summed E-state index contributed by atoms with van der Waals surface area (Å²) < 4.78 is 1.92. The quantitative estimate of drug-likeness (QED) is 0.584. The van der Waals surface area contributed by atoms with Gasteiger partial charge in [-0.3, -0.25) is 9.59 Å². The molecule has 2 aliphatic rings. The Morgan fingerprint density at radius 2 is 1.94 bits per heavy atom. The van der Waals surface area contributed by atoms with Crippen molar-refractivity contribution in [2.75, 3.05) is 17.2 Å². The number of carbonyl (C=O) groups excluding carboxylic acids is 2. The molecule has 0 unspecified atom stereocenters. The van der Waals surface area contributed by atoms with Gasteiger partial charge in [-0.05, 0) is 55.9 Å². The van der Waals surface area contributed by atoms with E-state index in [1.54, 1.807) is 0 Å². The summed E-state index contributed by atoms with van der Waals surface area (Å²) in [5.41, 5.74) is 5.27. The summed E-state index contributed by atoms with van der Waals surface area (Å²) in [6.07, 6.45) is 4.17. The van der Waals surface area contributed by atoms with Crippen LogP contribution in [0.5, 0.6) is 0 Å². The van der Waals surface area contributed by atoms with Gasteiger partial charge in [-0.15, -0.1) is 0 Å². The second-order valence-corrected chi connectivity index (χ2v) is 9.60. The maximum absolute atomic E-state index is 12.8. The van der Waals surface area contributed by atoms with E-state index in [2.05, 4.69) is 23.5 Å². The molecule has 3 aromatic rings. The van der Waals surface area contributed by atoms with Gasteiger partial charge in [-0.1, -0.05) is 54.2 Å². The van der Waals surface area contributed by atoms with E-state index in [0.29, 0.717) is 25.1 Å². The van der Waals surface area contributed by atoms with Gasteiger partial charge in [0.2, 0.25) is 11.8 Å². The molecule has 1 aliphatic heterocycles. The van der Waals surface area contributed by atoms with Crippen LogP contribution in [0, 0.1) is 6.92 Å². The topological polar surface area (TPSA) is 67.2 Å². The minimum atomic E-state index is 0.0486. The third kappa shape index (κ3) is 4.42. The van der Waals surface area contributed by atoms with Gasteiger partial charge in [0.1, 0.15) is 5.03 Å². The summed E-state index contributed by atoms with van der Waals surface area (Å²) in [4.78, 5) is 27.3. The summed E-state index contributed by atoms with van der Waals surface area (Å²) >= 11 is 1.53. The number of carbonyl (C=O) groups is 2. The molecule has 0 fully saturated rings. The van der Waals surface area contributed by atoms with Crippen molar-refractivity contribution >= 4 is 29.3 Å². The molecule has 1 aliphatic carbocycles. The van der Waals surface area contributed by atoms with Crippen molar-refractivity contribution in [3.05, 3.63) is 71.4 Å². The molecule has 0 radical (unpaired) electrons. The molecule has 0 bridgehead atoms. The Bertz CT molecular complexity index is 1170. The summed E-state index contributed by atoms with van der Waals surface area (Å²) in [6, 6.07) is 18.5. The molecule has 2 aromatic carbocycles. The van der Waals surface area contributed by atoms with Crippen LogP contribution in [0.2, 0.25) is 0 Å². The van der Waals surface area contributed by atoms with Crippen molar-refractivity contribution < 1.29 is 9.59 Å². The smallest absolute Gasteiger partial charge is 0.237 e. The van der Waals surface area contributed by atoms with E-state index < -0.39 is 0 Å². The lowest BCUT2D eigenvalue weighted by atomic mass is 9.87. The number of aromatic nitrogens is 2. The molecule has 7 heteroatoms. The number of nitrogens with one attached hydrogen (secondary N) is 1. The zero-order valence-corrected chi connectivity index (χ0v) is 19.6. The summed E-state index contributed by atoms with van der Waals surface area (Å²) in [6.45, 7) is 2.46. The molecule has 33 heavy (non-hydrogen) atoms. The lowest BCUT2D eigenvalue weighted by molar-refractivity contribution is -0.122. The molecule has 0 spiro atoms. The monoisotopic (exact) mass is 460 g/mol. The highest BCUT2D eigenvalue weighted by Gasteiger charge is 2.31. The minimum Gasteiger partial charge on any atom is -0.349 e. The van der Waals surface area contributed by atoms with Crippen LogP contribution in [-0.4, -0.2) is 33.9 Å². The molecule has 5 rings (SSSR count). The van der Waals surface area contributed by atoms with Gasteiger partial charge in [-0.25, -0.2) is 4.68 Å². The van der Waals surface area contributed by atoms with Gasteiger partial charge in [0.25, 0.3) is 0 Å². The van der Waals surface area contributed by atoms with E-state index >= 15 is 0 Å². The number of hydrogen-bond donors (Lipinski definition) is 1. The highest BCUT2D eigenvalue weighted by molar-refractivity contribution is 8.00. The van der Waals surface area contributed by atoms with Gasteiger partial charge in [-0.2, -0.15) is 5.10 Å². The Kier molecular flexibility index (Phi) is 6.22. The number of nitrogens with zero attached hydrogens (tertiary/aromatic N) is 3. The van der Waals surface area contributed by atoms with Crippen molar-refractivity contribution in [2.24, 2.45) is 0 Å². The first-order valence-electron chi connectivity index (χ1n) is 11.6. The van der Waals surface area contributed by atoms with Crippen LogP contribution in [0.1, 0.15) is 48.5 Å². The first kappa shape index (κ1) is 21.8. The molecule has 0 saturated heterocycles. The van der Waals surface area contributed by atoms with Crippen LogP contribution in [0.15, 0.2) is 59.6 Å². The average Bonchev–Trinajstić information content (AvgIpc) is 3.18. The van der Waals surface area contributed by atoms with Crippen LogP contribution in [0.4, 0.5) is 5.69 Å². The van der Waals surface area contributed by atoms with Crippen molar-refractivity contribution in [1.29, 1.82) is 0 Å². The summed E-state index contributed by atoms with van der Waals surface area (Å²) in [7, 11) is 0. The third-order valence-electron chi connectivity index (χ3n) is 6.38. The maximum Gasteiger partial charge on any atom is 0.237 e. The van der Waals surface area contributed by atoms with Gasteiger partial charge in [0, 0.05) is 13.0 Å². The predicted octanol–water partition coefficient (Wildman–Crippen LogP) is 4.59. The Labute approximate surface area is 198 Å². The predicted molar refractivity (Wildman–Crippen MR) is 131 cm³/mol. The lowest BCUT2D eigenvalue weighted by Gasteiger charge is -2.28. The van der Waals surface area contributed by atoms with E-state index in [0.717, 1.165) is 41.4 Å². The van der Waals surface area contributed by atoms with Crippen molar-refractivity contribution in [2.45, 2.75) is 50.1 Å². The second-order valence-electron chi connectivity index (χ2n) is 8.64. The highest BCUT2D eigenvalue weighted by atomic mass is 32.2. The van der Waals surface area contributed by atoms with E-state index in [-0.39, 0.29) is 17.9 Å². The van der Waals surface area contributed by atoms with Crippen LogP contribution in [0.25, 0.3) is 5.69 Å². The molecule has 2 heterocycles. The number of fused-ring (bicyclic) bond motifs is 2. The number of para-hydroxylation sites is 1. The minimum absolute atomic E-state index is 0.0486. The molecule has 0 saturated carbocycles. The third-order valence-corrected chi connectivity index (χ3v) is 7.41. The molecule has 2 amide bonds. The normalized spacial score (nSPS) is 17.4. The van der Waals surface area contributed by atoms with E-state index in [1.165, 1.54) is 22.9 Å². The number of benzene rings is 2. The fourth-order valence-electron chi connectivity index (χ4n) is 4.82. The highest BCUT2D eigenvalue weighted by Crippen LogP contribution is 2.39. The molecule has 6 nitrogen and oxygen atoms in total. The zero-order valence-electron chi connectivity index (χ0n) is 18.8. The molecule has 1 N–H and O–H groups in total. The Hall–Kier alpha value is -3.06. The van der Waals surface area contributed by atoms with Gasteiger partial charge in [0.15, 0.2) is 0 Å². The molecule has 170 valence electrons. The number of amides is 2. The summed E-state index contributed by atoms with van der Waals surface area (Å²) in [5, 5.41) is 8.92. The first-order chi connectivity index (χ1) is 16.1. The molecular formula is C26H28N4O2S.